The molecule has 1 aliphatic rings. The maximum Gasteiger partial charge on any atom is 0.258 e. The largest absolute Gasteiger partial charge is 0.334 e. The molecule has 100 valence electrons. The summed E-state index contributed by atoms with van der Waals surface area (Å²) >= 11 is 3.53. The SMILES string of the molecule is Cc1c(Br)cccc1-c1nc(C2CCNCC2)no1. The Hall–Kier alpha value is -1.20. The maximum absolute atomic E-state index is 5.44. The molecule has 1 saturated heterocycles. The van der Waals surface area contributed by atoms with Crippen LogP contribution in [0, 0.1) is 6.92 Å². The van der Waals surface area contributed by atoms with Crippen molar-refractivity contribution >= 4 is 15.9 Å². The molecule has 19 heavy (non-hydrogen) atoms. The Balaban J connectivity index is 1.90. The first-order valence-corrected chi connectivity index (χ1v) is 7.35. The van der Waals surface area contributed by atoms with Crippen LogP contribution in [0.1, 0.15) is 30.1 Å². The second-order valence-corrected chi connectivity index (χ2v) is 5.75. The van der Waals surface area contributed by atoms with Crippen molar-refractivity contribution in [1.82, 2.24) is 15.5 Å². The fourth-order valence-electron chi connectivity index (χ4n) is 2.43. The summed E-state index contributed by atoms with van der Waals surface area (Å²) in [6.45, 7) is 4.11. The Kier molecular flexibility index (Phi) is 3.66. The predicted octanol–water partition coefficient (Wildman–Crippen LogP) is 3.27. The maximum atomic E-state index is 5.44. The molecule has 3 rings (SSSR count). The first kappa shape index (κ1) is 12.8. The van der Waals surface area contributed by atoms with Crippen LogP contribution >= 0.6 is 15.9 Å². The van der Waals surface area contributed by atoms with Gasteiger partial charge in [-0.25, -0.2) is 0 Å². The van der Waals surface area contributed by atoms with Crippen molar-refractivity contribution in [3.05, 3.63) is 34.1 Å². The van der Waals surface area contributed by atoms with Gasteiger partial charge in [-0.2, -0.15) is 4.98 Å². The van der Waals surface area contributed by atoms with Crippen LogP contribution in [0.2, 0.25) is 0 Å². The highest BCUT2D eigenvalue weighted by atomic mass is 79.9. The van der Waals surface area contributed by atoms with E-state index in [9.17, 15) is 0 Å². The van der Waals surface area contributed by atoms with Crippen molar-refractivity contribution in [3.63, 3.8) is 0 Å². The fraction of sp³-hybridized carbons (Fsp3) is 0.429. The minimum absolute atomic E-state index is 0.422. The lowest BCUT2D eigenvalue weighted by Crippen LogP contribution is -2.27. The molecule has 1 aromatic carbocycles. The number of nitrogens with one attached hydrogen (secondary N) is 1. The highest BCUT2D eigenvalue weighted by molar-refractivity contribution is 9.10. The van der Waals surface area contributed by atoms with Crippen LogP contribution in [0.4, 0.5) is 0 Å². The molecule has 0 radical (unpaired) electrons. The number of nitrogens with zero attached hydrogens (tertiary/aromatic N) is 2. The third-order valence-corrected chi connectivity index (χ3v) is 4.50. The Morgan fingerprint density at radius 1 is 1.32 bits per heavy atom. The summed E-state index contributed by atoms with van der Waals surface area (Å²) in [5.74, 6) is 1.88. The normalized spacial score (nSPS) is 16.7. The smallest absolute Gasteiger partial charge is 0.258 e. The zero-order valence-corrected chi connectivity index (χ0v) is 12.4. The second-order valence-electron chi connectivity index (χ2n) is 4.89. The van der Waals surface area contributed by atoms with Crippen molar-refractivity contribution in [2.75, 3.05) is 13.1 Å². The highest BCUT2D eigenvalue weighted by Gasteiger charge is 2.21. The predicted molar refractivity (Wildman–Crippen MR) is 77.0 cm³/mol. The molecule has 0 spiro atoms. The van der Waals surface area contributed by atoms with E-state index in [0.717, 1.165) is 47.4 Å². The summed E-state index contributed by atoms with van der Waals surface area (Å²) in [5.41, 5.74) is 2.13. The Labute approximate surface area is 120 Å². The quantitative estimate of drug-likeness (QED) is 0.922. The van der Waals surface area contributed by atoms with Crippen LogP contribution in [0.5, 0.6) is 0 Å². The molecular weight excluding hydrogens is 306 g/mol. The van der Waals surface area contributed by atoms with Gasteiger partial charge in [-0.3, -0.25) is 0 Å². The minimum atomic E-state index is 0.422. The van der Waals surface area contributed by atoms with Gasteiger partial charge in [0.2, 0.25) is 0 Å². The molecule has 1 N–H and O–H groups in total. The molecule has 2 heterocycles. The van der Waals surface area contributed by atoms with Gasteiger partial charge in [0.25, 0.3) is 5.89 Å². The van der Waals surface area contributed by atoms with Gasteiger partial charge in [0.15, 0.2) is 5.82 Å². The number of hydrogen-bond acceptors (Lipinski definition) is 4. The molecule has 0 unspecified atom stereocenters. The molecule has 0 amide bonds. The van der Waals surface area contributed by atoms with Crippen molar-refractivity contribution in [2.45, 2.75) is 25.7 Å². The molecule has 1 fully saturated rings. The Morgan fingerprint density at radius 3 is 2.89 bits per heavy atom. The molecule has 5 heteroatoms. The zero-order chi connectivity index (χ0) is 13.2. The van der Waals surface area contributed by atoms with Crippen LogP contribution in [-0.4, -0.2) is 23.2 Å². The van der Waals surface area contributed by atoms with E-state index in [1.807, 2.05) is 25.1 Å². The summed E-state index contributed by atoms with van der Waals surface area (Å²) in [6, 6.07) is 6.02. The third kappa shape index (κ3) is 2.58. The molecule has 1 aliphatic heterocycles. The zero-order valence-electron chi connectivity index (χ0n) is 10.8. The van der Waals surface area contributed by atoms with Gasteiger partial charge >= 0.3 is 0 Å². The van der Waals surface area contributed by atoms with Gasteiger partial charge in [-0.05, 0) is 50.6 Å². The van der Waals surface area contributed by atoms with Gasteiger partial charge in [0, 0.05) is 16.0 Å². The van der Waals surface area contributed by atoms with E-state index in [0.29, 0.717) is 11.8 Å². The molecule has 2 aromatic rings. The Morgan fingerprint density at radius 2 is 2.11 bits per heavy atom. The van der Waals surface area contributed by atoms with Gasteiger partial charge < -0.3 is 9.84 Å². The molecule has 0 saturated carbocycles. The number of hydrogen-bond donors (Lipinski definition) is 1. The standard InChI is InChI=1S/C14H16BrN3O/c1-9-11(3-2-4-12(9)15)14-17-13(18-19-14)10-5-7-16-8-6-10/h2-4,10,16H,5-8H2,1H3. The molecule has 0 aliphatic carbocycles. The van der Waals surface area contributed by atoms with Crippen LogP contribution in [0.25, 0.3) is 11.5 Å². The van der Waals surface area contributed by atoms with Crippen molar-refractivity contribution in [1.29, 1.82) is 0 Å². The van der Waals surface area contributed by atoms with Crippen LogP contribution in [0.15, 0.2) is 27.2 Å². The highest BCUT2D eigenvalue weighted by Crippen LogP contribution is 2.29. The number of halogens is 1. The summed E-state index contributed by atoms with van der Waals surface area (Å²) in [5, 5.41) is 7.50. The van der Waals surface area contributed by atoms with Crippen molar-refractivity contribution in [3.8, 4) is 11.5 Å². The van der Waals surface area contributed by atoms with Gasteiger partial charge in [-0.1, -0.05) is 27.2 Å². The number of aromatic nitrogens is 2. The second kappa shape index (κ2) is 5.43. The lowest BCUT2D eigenvalue weighted by atomic mass is 9.97. The summed E-state index contributed by atoms with van der Waals surface area (Å²) in [4.78, 5) is 4.58. The topological polar surface area (TPSA) is 51.0 Å². The fourth-order valence-corrected chi connectivity index (χ4v) is 2.80. The average molecular weight is 322 g/mol. The van der Waals surface area contributed by atoms with E-state index >= 15 is 0 Å². The number of benzene rings is 1. The molecule has 0 atom stereocenters. The van der Waals surface area contributed by atoms with Crippen LogP contribution in [0.3, 0.4) is 0 Å². The van der Waals surface area contributed by atoms with E-state index in [4.69, 9.17) is 4.52 Å². The Bertz CT molecular complexity index is 576. The van der Waals surface area contributed by atoms with Crippen LogP contribution in [-0.2, 0) is 0 Å². The van der Waals surface area contributed by atoms with E-state index in [1.165, 1.54) is 0 Å². The molecule has 0 bridgehead atoms. The monoisotopic (exact) mass is 321 g/mol. The first-order chi connectivity index (χ1) is 9.25. The van der Waals surface area contributed by atoms with E-state index in [-0.39, 0.29) is 0 Å². The van der Waals surface area contributed by atoms with Gasteiger partial charge in [0.05, 0.1) is 0 Å². The van der Waals surface area contributed by atoms with E-state index in [2.05, 4.69) is 31.4 Å². The summed E-state index contributed by atoms with van der Waals surface area (Å²) < 4.78 is 6.50. The lowest BCUT2D eigenvalue weighted by Gasteiger charge is -2.18. The van der Waals surface area contributed by atoms with E-state index < -0.39 is 0 Å². The number of piperidine rings is 1. The third-order valence-electron chi connectivity index (χ3n) is 3.64. The van der Waals surface area contributed by atoms with Crippen LogP contribution < -0.4 is 5.32 Å². The first-order valence-electron chi connectivity index (χ1n) is 6.55. The van der Waals surface area contributed by atoms with Crippen molar-refractivity contribution in [2.24, 2.45) is 0 Å². The molecule has 4 nitrogen and oxygen atoms in total. The van der Waals surface area contributed by atoms with Crippen molar-refractivity contribution < 1.29 is 4.52 Å². The lowest BCUT2D eigenvalue weighted by molar-refractivity contribution is 0.392. The molecular formula is C14H16BrN3O. The summed E-state index contributed by atoms with van der Waals surface area (Å²) in [7, 11) is 0. The minimum Gasteiger partial charge on any atom is -0.334 e. The summed E-state index contributed by atoms with van der Waals surface area (Å²) in [6.07, 6.45) is 2.16. The average Bonchev–Trinajstić information content (AvgIpc) is 2.92. The van der Waals surface area contributed by atoms with E-state index in [1.54, 1.807) is 0 Å². The number of rotatable bonds is 2. The molecule has 1 aromatic heterocycles. The van der Waals surface area contributed by atoms with Gasteiger partial charge in [-0.15, -0.1) is 0 Å². The van der Waals surface area contributed by atoms with Gasteiger partial charge in [0.1, 0.15) is 0 Å².